The molecule has 5 nitrogen and oxygen atoms in total. The Morgan fingerprint density at radius 3 is 2.68 bits per heavy atom. The molecule has 1 atom stereocenters. The Morgan fingerprint density at radius 2 is 1.92 bits per heavy atom. The van der Waals surface area contributed by atoms with Crippen molar-refractivity contribution in [2.24, 2.45) is 5.10 Å². The highest BCUT2D eigenvalue weighted by Gasteiger charge is 2.44. The summed E-state index contributed by atoms with van der Waals surface area (Å²) >= 11 is 0. The van der Waals surface area contributed by atoms with Crippen LogP contribution in [0.2, 0.25) is 0 Å². The van der Waals surface area contributed by atoms with Gasteiger partial charge in [-0.15, -0.1) is 0 Å². The third-order valence-electron chi connectivity index (χ3n) is 4.82. The van der Waals surface area contributed by atoms with Gasteiger partial charge in [0.2, 0.25) is 0 Å². The number of hydrazone groups is 1. The van der Waals surface area contributed by atoms with Crippen LogP contribution in [0, 0.1) is 0 Å². The van der Waals surface area contributed by atoms with Gasteiger partial charge in [0.05, 0.1) is 26.0 Å². The smallest absolute Gasteiger partial charge is 0.192 e. The predicted molar refractivity (Wildman–Crippen MR) is 96.4 cm³/mol. The maximum atomic E-state index is 6.18. The van der Waals surface area contributed by atoms with E-state index in [9.17, 15) is 0 Å². The molecule has 0 saturated carbocycles. The first kappa shape index (κ1) is 15.8. The third-order valence-corrected chi connectivity index (χ3v) is 4.82. The van der Waals surface area contributed by atoms with Gasteiger partial charge in [-0.2, -0.15) is 5.10 Å². The number of hydrogen-bond acceptors (Lipinski definition) is 5. The Morgan fingerprint density at radius 1 is 1.12 bits per heavy atom. The van der Waals surface area contributed by atoms with Crippen molar-refractivity contribution < 1.29 is 14.2 Å². The average molecular weight is 338 g/mol. The van der Waals surface area contributed by atoms with E-state index in [-0.39, 0.29) is 6.04 Å². The summed E-state index contributed by atoms with van der Waals surface area (Å²) in [4.78, 5) is 0. The number of ether oxygens (including phenoxy) is 3. The predicted octanol–water partition coefficient (Wildman–Crippen LogP) is 3.98. The molecule has 0 radical (unpaired) electrons. The van der Waals surface area contributed by atoms with Gasteiger partial charge < -0.3 is 14.2 Å². The Hall–Kier alpha value is -2.69. The fourth-order valence-electron chi connectivity index (χ4n) is 3.61. The number of rotatable bonds is 3. The molecular formula is C20H22N2O3. The maximum absolute atomic E-state index is 6.18. The van der Waals surface area contributed by atoms with Crippen molar-refractivity contribution >= 4 is 5.71 Å². The Kier molecular flexibility index (Phi) is 3.60. The van der Waals surface area contributed by atoms with E-state index in [0.29, 0.717) is 0 Å². The molecule has 0 amide bonds. The van der Waals surface area contributed by atoms with Crippen molar-refractivity contribution in [3.8, 4) is 17.2 Å². The van der Waals surface area contributed by atoms with E-state index in [1.807, 2.05) is 50.2 Å². The standard InChI is InChI=1S/C20H22N2O3/c1-20(2)22-17(15-7-5-6-8-18(15)25-20)12-16(21-22)14-10-9-13(23-3)11-19(14)24-4/h5-11,17H,12H2,1-4H3/t17-/m1/s1. The molecule has 0 aliphatic carbocycles. The summed E-state index contributed by atoms with van der Waals surface area (Å²) in [6.07, 6.45) is 0.812. The van der Waals surface area contributed by atoms with Gasteiger partial charge in [0.25, 0.3) is 0 Å². The van der Waals surface area contributed by atoms with Crippen molar-refractivity contribution in [2.75, 3.05) is 14.2 Å². The molecule has 2 aliphatic heterocycles. The highest BCUT2D eigenvalue weighted by molar-refractivity contribution is 6.04. The minimum absolute atomic E-state index is 0.168. The molecule has 2 aliphatic rings. The van der Waals surface area contributed by atoms with Gasteiger partial charge in [0.1, 0.15) is 17.2 Å². The van der Waals surface area contributed by atoms with E-state index in [0.717, 1.165) is 34.9 Å². The lowest BCUT2D eigenvalue weighted by atomic mass is 9.95. The zero-order chi connectivity index (χ0) is 17.6. The van der Waals surface area contributed by atoms with Crippen LogP contribution >= 0.6 is 0 Å². The van der Waals surface area contributed by atoms with Gasteiger partial charge in [-0.3, -0.25) is 0 Å². The molecule has 0 aromatic heterocycles. The molecule has 0 fully saturated rings. The Bertz CT molecular complexity index is 845. The van der Waals surface area contributed by atoms with Crippen LogP contribution in [-0.4, -0.2) is 30.7 Å². The van der Waals surface area contributed by atoms with Crippen LogP contribution < -0.4 is 14.2 Å². The summed E-state index contributed by atoms with van der Waals surface area (Å²) in [6.45, 7) is 4.10. The van der Waals surface area contributed by atoms with Crippen molar-refractivity contribution in [1.29, 1.82) is 0 Å². The lowest BCUT2D eigenvalue weighted by molar-refractivity contribution is -0.0911. The summed E-state index contributed by atoms with van der Waals surface area (Å²) in [6, 6.07) is 14.2. The zero-order valence-corrected chi connectivity index (χ0v) is 14.9. The minimum atomic E-state index is -0.500. The Labute approximate surface area is 147 Å². The number of nitrogens with zero attached hydrogens (tertiary/aromatic N) is 2. The number of methoxy groups -OCH3 is 2. The number of fused-ring (bicyclic) bond motifs is 3. The highest BCUT2D eigenvalue weighted by atomic mass is 16.5. The third kappa shape index (κ3) is 2.51. The molecule has 25 heavy (non-hydrogen) atoms. The lowest BCUT2D eigenvalue weighted by Crippen LogP contribution is -2.48. The van der Waals surface area contributed by atoms with Gasteiger partial charge in [-0.1, -0.05) is 18.2 Å². The molecule has 130 valence electrons. The van der Waals surface area contributed by atoms with Crippen molar-refractivity contribution in [1.82, 2.24) is 5.01 Å². The molecule has 2 aromatic carbocycles. The van der Waals surface area contributed by atoms with Crippen LogP contribution in [0.1, 0.15) is 37.4 Å². The van der Waals surface area contributed by atoms with E-state index < -0.39 is 5.72 Å². The molecule has 2 heterocycles. The summed E-state index contributed by atoms with van der Waals surface area (Å²) < 4.78 is 17.0. The van der Waals surface area contributed by atoms with E-state index in [4.69, 9.17) is 19.3 Å². The molecule has 0 spiro atoms. The number of benzene rings is 2. The topological polar surface area (TPSA) is 43.3 Å². The second-order valence-electron chi connectivity index (χ2n) is 6.76. The first-order valence-electron chi connectivity index (χ1n) is 8.40. The first-order chi connectivity index (χ1) is 12.0. The van der Waals surface area contributed by atoms with Crippen molar-refractivity contribution in [2.45, 2.75) is 32.0 Å². The van der Waals surface area contributed by atoms with E-state index >= 15 is 0 Å². The van der Waals surface area contributed by atoms with Crippen LogP contribution in [0.15, 0.2) is 47.6 Å². The second kappa shape index (κ2) is 5.69. The Balaban J connectivity index is 1.76. The molecule has 4 rings (SSSR count). The largest absolute Gasteiger partial charge is 0.497 e. The van der Waals surface area contributed by atoms with Crippen LogP contribution in [-0.2, 0) is 0 Å². The van der Waals surface area contributed by atoms with E-state index in [1.54, 1.807) is 14.2 Å². The summed E-state index contributed by atoms with van der Waals surface area (Å²) in [5.74, 6) is 2.47. The van der Waals surface area contributed by atoms with Gasteiger partial charge >= 0.3 is 0 Å². The average Bonchev–Trinajstić information content (AvgIpc) is 3.07. The molecule has 2 aromatic rings. The van der Waals surface area contributed by atoms with Crippen LogP contribution in [0.25, 0.3) is 0 Å². The molecule has 0 unspecified atom stereocenters. The summed E-state index contributed by atoms with van der Waals surface area (Å²) in [5.41, 5.74) is 2.66. The summed E-state index contributed by atoms with van der Waals surface area (Å²) in [5, 5.41) is 6.96. The number of para-hydroxylation sites is 1. The van der Waals surface area contributed by atoms with Gasteiger partial charge in [0, 0.05) is 23.6 Å². The quantitative estimate of drug-likeness (QED) is 0.849. The van der Waals surface area contributed by atoms with Crippen molar-refractivity contribution in [3.63, 3.8) is 0 Å². The lowest BCUT2D eigenvalue weighted by Gasteiger charge is -2.43. The van der Waals surface area contributed by atoms with Crippen LogP contribution in [0.4, 0.5) is 0 Å². The van der Waals surface area contributed by atoms with Crippen molar-refractivity contribution in [3.05, 3.63) is 53.6 Å². The maximum Gasteiger partial charge on any atom is 0.192 e. The fraction of sp³-hybridized carbons (Fsp3) is 0.350. The van der Waals surface area contributed by atoms with E-state index in [1.165, 1.54) is 5.56 Å². The highest BCUT2D eigenvalue weighted by Crippen LogP contribution is 2.47. The zero-order valence-electron chi connectivity index (χ0n) is 14.9. The second-order valence-corrected chi connectivity index (χ2v) is 6.76. The monoisotopic (exact) mass is 338 g/mol. The molecule has 0 N–H and O–H groups in total. The normalized spacial score (nSPS) is 20.2. The van der Waals surface area contributed by atoms with Gasteiger partial charge in [-0.05, 0) is 32.0 Å². The molecule has 0 bridgehead atoms. The SMILES string of the molecule is COc1ccc(C2=NN3[C@H](C2)c2ccccc2OC3(C)C)c(OC)c1. The van der Waals surface area contributed by atoms with E-state index in [2.05, 4.69) is 11.1 Å². The fourth-order valence-corrected chi connectivity index (χ4v) is 3.61. The number of hydrogen-bond donors (Lipinski definition) is 0. The van der Waals surface area contributed by atoms with Gasteiger partial charge in [-0.25, -0.2) is 5.01 Å². The minimum Gasteiger partial charge on any atom is -0.497 e. The first-order valence-corrected chi connectivity index (χ1v) is 8.40. The van der Waals surface area contributed by atoms with Gasteiger partial charge in [0.15, 0.2) is 5.72 Å². The van der Waals surface area contributed by atoms with Crippen LogP contribution in [0.3, 0.4) is 0 Å². The summed E-state index contributed by atoms with van der Waals surface area (Å²) in [7, 11) is 3.32. The van der Waals surface area contributed by atoms with Crippen LogP contribution in [0.5, 0.6) is 17.2 Å². The molecule has 0 saturated heterocycles. The molecular weight excluding hydrogens is 316 g/mol. The molecule has 5 heteroatoms.